The molecule has 1 atom stereocenters. The predicted octanol–water partition coefficient (Wildman–Crippen LogP) is 4.32. The summed E-state index contributed by atoms with van der Waals surface area (Å²) in [5, 5.41) is 3.20. The summed E-state index contributed by atoms with van der Waals surface area (Å²) < 4.78 is 1.84. The summed E-state index contributed by atoms with van der Waals surface area (Å²) in [6, 6.07) is 17.3. The lowest BCUT2D eigenvalue weighted by Crippen LogP contribution is -2.43. The molecule has 1 aliphatic heterocycles. The number of nitrogens with zero attached hydrogens (tertiary/aromatic N) is 2. The molecule has 2 aliphatic rings. The van der Waals surface area contributed by atoms with Crippen molar-refractivity contribution in [1.82, 2.24) is 19.8 Å². The Hall–Kier alpha value is -3.35. The van der Waals surface area contributed by atoms with Gasteiger partial charge in [0, 0.05) is 25.0 Å². The maximum absolute atomic E-state index is 13.3. The minimum Gasteiger partial charge on any atom is -0.349 e. The average molecular weight is 475 g/mol. The standard InChI is InChI=1S/C28H34N4O3/c33-26(19-24(20-9-3-1-4-10-20)29-27(34)21-11-5-2-6-12-21)31-17-15-22(16-18-31)32-25-14-8-7-13-23(25)30-28(32)35/h1,3-4,7-10,13-14,21-22,24H,2,5-6,11-12,15-19H2,(H,29,34)(H,30,35). The molecule has 1 saturated heterocycles. The fraction of sp³-hybridized carbons (Fsp3) is 0.464. The molecule has 0 bridgehead atoms. The normalized spacial score (nSPS) is 18.5. The van der Waals surface area contributed by atoms with Crippen LogP contribution in [0.2, 0.25) is 0 Å². The van der Waals surface area contributed by atoms with Crippen LogP contribution in [-0.4, -0.2) is 39.4 Å². The second kappa shape index (κ2) is 10.5. The summed E-state index contributed by atoms with van der Waals surface area (Å²) in [4.78, 5) is 43.7. The summed E-state index contributed by atoms with van der Waals surface area (Å²) in [6.07, 6.45) is 6.98. The Balaban J connectivity index is 1.24. The van der Waals surface area contributed by atoms with Crippen molar-refractivity contribution in [3.63, 3.8) is 0 Å². The summed E-state index contributed by atoms with van der Waals surface area (Å²) in [6.45, 7) is 1.21. The quantitative estimate of drug-likeness (QED) is 0.558. The number of likely N-dealkylation sites (tertiary alicyclic amines) is 1. The molecule has 1 aromatic heterocycles. The summed E-state index contributed by atoms with van der Waals surface area (Å²) in [7, 11) is 0. The van der Waals surface area contributed by atoms with Crippen molar-refractivity contribution in [2.24, 2.45) is 5.92 Å². The van der Waals surface area contributed by atoms with Crippen LogP contribution in [0.4, 0.5) is 0 Å². The van der Waals surface area contributed by atoms with E-state index in [1.807, 2.05) is 64.1 Å². The van der Waals surface area contributed by atoms with E-state index in [1.165, 1.54) is 6.42 Å². The first-order valence-electron chi connectivity index (χ1n) is 12.9. The molecule has 2 heterocycles. The molecule has 3 aromatic rings. The van der Waals surface area contributed by atoms with Gasteiger partial charge in [-0.05, 0) is 43.4 Å². The van der Waals surface area contributed by atoms with Crippen molar-refractivity contribution in [2.75, 3.05) is 13.1 Å². The minimum atomic E-state index is -0.327. The van der Waals surface area contributed by atoms with Gasteiger partial charge in [0.05, 0.1) is 23.5 Å². The third-order valence-electron chi connectivity index (χ3n) is 7.68. The van der Waals surface area contributed by atoms with Crippen molar-refractivity contribution < 1.29 is 9.59 Å². The van der Waals surface area contributed by atoms with E-state index in [2.05, 4.69) is 10.3 Å². The third-order valence-corrected chi connectivity index (χ3v) is 7.68. The second-order valence-corrected chi connectivity index (χ2v) is 9.94. The van der Waals surface area contributed by atoms with Crippen LogP contribution in [0, 0.1) is 5.92 Å². The zero-order valence-electron chi connectivity index (χ0n) is 20.1. The highest BCUT2D eigenvalue weighted by Crippen LogP contribution is 2.28. The zero-order chi connectivity index (χ0) is 24.2. The number of hydrogen-bond acceptors (Lipinski definition) is 3. The molecule has 35 heavy (non-hydrogen) atoms. The molecule has 5 rings (SSSR count). The highest BCUT2D eigenvalue weighted by molar-refractivity contribution is 5.82. The van der Waals surface area contributed by atoms with Crippen LogP contribution in [0.15, 0.2) is 59.4 Å². The third kappa shape index (κ3) is 5.19. The van der Waals surface area contributed by atoms with E-state index < -0.39 is 0 Å². The number of carbonyl (C=O) groups is 2. The van der Waals surface area contributed by atoms with E-state index in [-0.39, 0.29) is 41.9 Å². The maximum atomic E-state index is 13.3. The number of benzene rings is 2. The molecule has 2 N–H and O–H groups in total. The van der Waals surface area contributed by atoms with Gasteiger partial charge < -0.3 is 15.2 Å². The minimum absolute atomic E-state index is 0.0486. The molecular weight excluding hydrogens is 440 g/mol. The van der Waals surface area contributed by atoms with E-state index in [0.29, 0.717) is 13.1 Å². The molecule has 7 nitrogen and oxygen atoms in total. The fourth-order valence-corrected chi connectivity index (χ4v) is 5.71. The van der Waals surface area contributed by atoms with E-state index in [1.54, 1.807) is 0 Å². The Bertz CT molecular complexity index is 1220. The van der Waals surface area contributed by atoms with Crippen LogP contribution in [-0.2, 0) is 9.59 Å². The van der Waals surface area contributed by atoms with Gasteiger partial charge >= 0.3 is 5.69 Å². The van der Waals surface area contributed by atoms with Crippen LogP contribution < -0.4 is 11.0 Å². The van der Waals surface area contributed by atoms with Crippen molar-refractivity contribution >= 4 is 22.8 Å². The van der Waals surface area contributed by atoms with Crippen molar-refractivity contribution in [3.8, 4) is 0 Å². The lowest BCUT2D eigenvalue weighted by atomic mass is 9.88. The van der Waals surface area contributed by atoms with Gasteiger partial charge in [0.15, 0.2) is 0 Å². The number of nitrogens with one attached hydrogen (secondary N) is 2. The van der Waals surface area contributed by atoms with E-state index in [0.717, 1.165) is 55.1 Å². The van der Waals surface area contributed by atoms with Gasteiger partial charge in [0.25, 0.3) is 0 Å². The van der Waals surface area contributed by atoms with Crippen LogP contribution in [0.3, 0.4) is 0 Å². The first kappa shape index (κ1) is 23.4. The predicted molar refractivity (Wildman–Crippen MR) is 136 cm³/mol. The topological polar surface area (TPSA) is 87.2 Å². The van der Waals surface area contributed by atoms with Gasteiger partial charge in [-0.15, -0.1) is 0 Å². The molecule has 1 saturated carbocycles. The highest BCUT2D eigenvalue weighted by Gasteiger charge is 2.29. The van der Waals surface area contributed by atoms with Gasteiger partial charge in [-0.3, -0.25) is 14.2 Å². The number of piperidine rings is 1. The number of aromatic amines is 1. The molecule has 7 heteroatoms. The molecule has 2 fully saturated rings. The molecule has 2 amide bonds. The SMILES string of the molecule is O=C(NC(CC(=O)N1CCC(n2c(=O)[nH]c3ccccc32)CC1)c1ccccc1)C1CCCCC1. The summed E-state index contributed by atoms with van der Waals surface area (Å²) in [5.41, 5.74) is 2.63. The number of fused-ring (bicyclic) bond motifs is 1. The lowest BCUT2D eigenvalue weighted by Gasteiger charge is -2.34. The Kier molecular flexibility index (Phi) is 7.02. The van der Waals surface area contributed by atoms with Crippen molar-refractivity contribution in [3.05, 3.63) is 70.6 Å². The maximum Gasteiger partial charge on any atom is 0.326 e. The van der Waals surface area contributed by atoms with Crippen LogP contribution in [0.25, 0.3) is 11.0 Å². The number of aromatic nitrogens is 2. The molecule has 0 spiro atoms. The van der Waals surface area contributed by atoms with Gasteiger partial charge in [-0.2, -0.15) is 0 Å². The Morgan fingerprint density at radius 1 is 0.914 bits per heavy atom. The zero-order valence-corrected chi connectivity index (χ0v) is 20.1. The molecule has 2 aromatic carbocycles. The largest absolute Gasteiger partial charge is 0.349 e. The number of imidazole rings is 1. The number of carbonyl (C=O) groups excluding carboxylic acids is 2. The number of amides is 2. The van der Waals surface area contributed by atoms with E-state index >= 15 is 0 Å². The molecular formula is C28H34N4O3. The number of para-hydroxylation sites is 2. The van der Waals surface area contributed by atoms with Gasteiger partial charge in [0.1, 0.15) is 0 Å². The molecule has 0 radical (unpaired) electrons. The molecule has 1 aliphatic carbocycles. The van der Waals surface area contributed by atoms with Crippen LogP contribution in [0.1, 0.15) is 69.0 Å². The van der Waals surface area contributed by atoms with Crippen LogP contribution in [0.5, 0.6) is 0 Å². The summed E-state index contributed by atoms with van der Waals surface area (Å²) >= 11 is 0. The van der Waals surface area contributed by atoms with E-state index in [4.69, 9.17) is 0 Å². The van der Waals surface area contributed by atoms with Crippen molar-refractivity contribution in [2.45, 2.75) is 63.5 Å². The first-order valence-corrected chi connectivity index (χ1v) is 12.9. The Morgan fingerprint density at radius 2 is 1.60 bits per heavy atom. The van der Waals surface area contributed by atoms with Crippen LogP contribution >= 0.6 is 0 Å². The highest BCUT2D eigenvalue weighted by atomic mass is 16.2. The van der Waals surface area contributed by atoms with Gasteiger partial charge in [0.2, 0.25) is 11.8 Å². The number of rotatable bonds is 6. The number of hydrogen-bond donors (Lipinski definition) is 2. The second-order valence-electron chi connectivity index (χ2n) is 9.94. The smallest absolute Gasteiger partial charge is 0.326 e. The Labute approximate surface area is 205 Å². The van der Waals surface area contributed by atoms with E-state index in [9.17, 15) is 14.4 Å². The Morgan fingerprint density at radius 3 is 2.34 bits per heavy atom. The number of H-pyrrole nitrogens is 1. The summed E-state index contributed by atoms with van der Waals surface area (Å²) in [5.74, 6) is 0.173. The first-order chi connectivity index (χ1) is 17.1. The van der Waals surface area contributed by atoms with Gasteiger partial charge in [-0.1, -0.05) is 61.7 Å². The van der Waals surface area contributed by atoms with Crippen molar-refractivity contribution in [1.29, 1.82) is 0 Å². The van der Waals surface area contributed by atoms with Gasteiger partial charge in [-0.25, -0.2) is 4.79 Å². The molecule has 1 unspecified atom stereocenters. The molecule has 184 valence electrons. The fourth-order valence-electron chi connectivity index (χ4n) is 5.71. The lowest BCUT2D eigenvalue weighted by molar-refractivity contribution is -0.133. The average Bonchev–Trinajstić information content (AvgIpc) is 3.25. The monoisotopic (exact) mass is 474 g/mol.